The first kappa shape index (κ1) is 15.0. The van der Waals surface area contributed by atoms with Gasteiger partial charge in [-0.2, -0.15) is 5.10 Å². The van der Waals surface area contributed by atoms with E-state index in [2.05, 4.69) is 51.9 Å². The highest BCUT2D eigenvalue weighted by molar-refractivity contribution is 9.10. The van der Waals surface area contributed by atoms with Crippen LogP contribution in [0.1, 0.15) is 51.1 Å². The second-order valence-electron chi connectivity index (χ2n) is 6.20. The zero-order valence-electron chi connectivity index (χ0n) is 12.3. The summed E-state index contributed by atoms with van der Waals surface area (Å²) in [5.41, 5.74) is 1.39. The molecule has 19 heavy (non-hydrogen) atoms. The molecule has 0 aliphatic heterocycles. The van der Waals surface area contributed by atoms with Crippen molar-refractivity contribution in [3.8, 4) is 0 Å². The minimum Gasteiger partial charge on any atom is -0.316 e. The normalized spacial score (nSPS) is 24.1. The molecule has 2 rings (SSSR count). The standard InChI is InChI=1S/C15H26BrN3/c1-11(2)8-17-9-12-6-4-5-7-13(12)15-14(16)10-18-19(15)3/h10-13,17H,4-9H2,1-3H3. The highest BCUT2D eigenvalue weighted by Crippen LogP contribution is 2.39. The first-order valence-corrected chi connectivity index (χ1v) is 8.27. The lowest BCUT2D eigenvalue weighted by molar-refractivity contribution is 0.282. The van der Waals surface area contributed by atoms with Gasteiger partial charge in [0.05, 0.1) is 16.4 Å². The summed E-state index contributed by atoms with van der Waals surface area (Å²) in [5.74, 6) is 2.12. The third kappa shape index (κ3) is 3.82. The predicted octanol–water partition coefficient (Wildman–Crippen LogP) is 3.70. The fourth-order valence-electron chi connectivity index (χ4n) is 3.21. The molecule has 4 heteroatoms. The zero-order valence-corrected chi connectivity index (χ0v) is 13.9. The molecular formula is C15H26BrN3. The summed E-state index contributed by atoms with van der Waals surface area (Å²) in [6, 6.07) is 0. The minimum absolute atomic E-state index is 0.648. The van der Waals surface area contributed by atoms with Crippen molar-refractivity contribution in [2.45, 2.75) is 45.4 Å². The number of nitrogens with zero attached hydrogens (tertiary/aromatic N) is 2. The summed E-state index contributed by atoms with van der Waals surface area (Å²) in [5, 5.41) is 8.02. The van der Waals surface area contributed by atoms with Crippen LogP contribution in [0.3, 0.4) is 0 Å². The predicted molar refractivity (Wildman–Crippen MR) is 83.3 cm³/mol. The van der Waals surface area contributed by atoms with Gasteiger partial charge in [0.1, 0.15) is 0 Å². The van der Waals surface area contributed by atoms with E-state index in [1.54, 1.807) is 0 Å². The van der Waals surface area contributed by atoms with Crippen LogP contribution in [0.25, 0.3) is 0 Å². The van der Waals surface area contributed by atoms with Crippen LogP contribution in [0.5, 0.6) is 0 Å². The van der Waals surface area contributed by atoms with Crippen molar-refractivity contribution < 1.29 is 0 Å². The van der Waals surface area contributed by atoms with Gasteiger partial charge in [0.2, 0.25) is 0 Å². The third-order valence-electron chi connectivity index (χ3n) is 4.16. The first-order valence-electron chi connectivity index (χ1n) is 7.47. The number of hydrogen-bond donors (Lipinski definition) is 1. The number of aromatic nitrogens is 2. The Bertz CT molecular complexity index is 381. The Hall–Kier alpha value is -0.350. The fraction of sp³-hybridized carbons (Fsp3) is 0.800. The van der Waals surface area contributed by atoms with E-state index in [1.807, 2.05) is 6.20 Å². The fourth-order valence-corrected chi connectivity index (χ4v) is 3.85. The number of nitrogens with one attached hydrogen (secondary N) is 1. The maximum Gasteiger partial charge on any atom is 0.0635 e. The van der Waals surface area contributed by atoms with Crippen LogP contribution in [0.4, 0.5) is 0 Å². The van der Waals surface area contributed by atoms with Crippen LogP contribution < -0.4 is 5.32 Å². The molecule has 0 amide bonds. The summed E-state index contributed by atoms with van der Waals surface area (Å²) in [7, 11) is 2.06. The van der Waals surface area contributed by atoms with Crippen LogP contribution in [0, 0.1) is 11.8 Å². The van der Waals surface area contributed by atoms with E-state index in [-0.39, 0.29) is 0 Å². The van der Waals surface area contributed by atoms with Crippen LogP contribution in [-0.4, -0.2) is 22.9 Å². The van der Waals surface area contributed by atoms with E-state index in [0.717, 1.165) is 24.9 Å². The van der Waals surface area contributed by atoms with Gasteiger partial charge in [-0.15, -0.1) is 0 Å². The second kappa shape index (κ2) is 6.89. The summed E-state index contributed by atoms with van der Waals surface area (Å²) in [4.78, 5) is 0. The van der Waals surface area contributed by atoms with Crippen LogP contribution in [0.15, 0.2) is 10.7 Å². The van der Waals surface area contributed by atoms with E-state index in [0.29, 0.717) is 5.92 Å². The van der Waals surface area contributed by atoms with Gasteiger partial charge < -0.3 is 5.32 Å². The van der Waals surface area contributed by atoms with Crippen molar-refractivity contribution in [2.75, 3.05) is 13.1 Å². The maximum atomic E-state index is 4.38. The van der Waals surface area contributed by atoms with Crippen LogP contribution in [0.2, 0.25) is 0 Å². The average molecular weight is 328 g/mol. The van der Waals surface area contributed by atoms with Crippen molar-refractivity contribution in [1.82, 2.24) is 15.1 Å². The van der Waals surface area contributed by atoms with Crippen LogP contribution in [-0.2, 0) is 7.05 Å². The average Bonchev–Trinajstić information content (AvgIpc) is 2.69. The molecule has 0 radical (unpaired) electrons. The molecule has 1 aromatic heterocycles. The molecule has 1 aromatic rings. The smallest absolute Gasteiger partial charge is 0.0635 e. The monoisotopic (exact) mass is 327 g/mol. The van der Waals surface area contributed by atoms with Gasteiger partial charge in [-0.25, -0.2) is 0 Å². The molecule has 1 fully saturated rings. The lowest BCUT2D eigenvalue weighted by atomic mass is 9.77. The minimum atomic E-state index is 0.648. The summed E-state index contributed by atoms with van der Waals surface area (Å²) in [6.07, 6.45) is 7.30. The van der Waals surface area contributed by atoms with Gasteiger partial charge >= 0.3 is 0 Å². The molecule has 0 bridgehead atoms. The SMILES string of the molecule is CC(C)CNCC1CCCCC1c1c(Br)cnn1C. The Morgan fingerprint density at radius 3 is 2.79 bits per heavy atom. The molecule has 1 N–H and O–H groups in total. The molecule has 1 heterocycles. The molecule has 0 aromatic carbocycles. The van der Waals surface area contributed by atoms with Gasteiger partial charge in [0.25, 0.3) is 0 Å². The van der Waals surface area contributed by atoms with Crippen molar-refractivity contribution in [3.05, 3.63) is 16.4 Å². The van der Waals surface area contributed by atoms with Crippen molar-refractivity contribution in [1.29, 1.82) is 0 Å². The van der Waals surface area contributed by atoms with Gasteiger partial charge in [0, 0.05) is 13.0 Å². The van der Waals surface area contributed by atoms with Gasteiger partial charge in [-0.1, -0.05) is 26.7 Å². The zero-order chi connectivity index (χ0) is 13.8. The summed E-state index contributed by atoms with van der Waals surface area (Å²) < 4.78 is 3.23. The number of rotatable bonds is 5. The lowest BCUT2D eigenvalue weighted by Crippen LogP contribution is -2.32. The highest BCUT2D eigenvalue weighted by Gasteiger charge is 2.29. The number of halogens is 1. The largest absolute Gasteiger partial charge is 0.316 e. The van der Waals surface area contributed by atoms with Gasteiger partial charge in [-0.3, -0.25) is 4.68 Å². The first-order chi connectivity index (χ1) is 9.09. The molecule has 1 aliphatic carbocycles. The molecule has 0 spiro atoms. The second-order valence-corrected chi connectivity index (χ2v) is 7.06. The highest BCUT2D eigenvalue weighted by atomic mass is 79.9. The number of aryl methyl sites for hydroxylation is 1. The summed E-state index contributed by atoms with van der Waals surface area (Å²) in [6.45, 7) is 6.79. The Labute approximate surface area is 125 Å². The van der Waals surface area contributed by atoms with E-state index in [1.165, 1.54) is 35.8 Å². The third-order valence-corrected chi connectivity index (χ3v) is 4.77. The maximum absolute atomic E-state index is 4.38. The molecule has 0 saturated heterocycles. The Kier molecular flexibility index (Phi) is 5.46. The molecule has 1 saturated carbocycles. The Morgan fingerprint density at radius 2 is 2.16 bits per heavy atom. The topological polar surface area (TPSA) is 29.9 Å². The van der Waals surface area contributed by atoms with Crippen LogP contribution >= 0.6 is 15.9 Å². The lowest BCUT2D eigenvalue weighted by Gasteiger charge is -2.32. The Balaban J connectivity index is 2.04. The van der Waals surface area contributed by atoms with E-state index in [9.17, 15) is 0 Å². The van der Waals surface area contributed by atoms with Crippen molar-refractivity contribution in [3.63, 3.8) is 0 Å². The van der Waals surface area contributed by atoms with Crippen molar-refractivity contribution in [2.24, 2.45) is 18.9 Å². The van der Waals surface area contributed by atoms with E-state index < -0.39 is 0 Å². The van der Waals surface area contributed by atoms with E-state index >= 15 is 0 Å². The summed E-state index contributed by atoms with van der Waals surface area (Å²) >= 11 is 3.67. The van der Waals surface area contributed by atoms with Gasteiger partial charge in [-0.05, 0) is 53.7 Å². The van der Waals surface area contributed by atoms with Gasteiger partial charge in [0.15, 0.2) is 0 Å². The molecule has 2 unspecified atom stereocenters. The van der Waals surface area contributed by atoms with E-state index in [4.69, 9.17) is 0 Å². The van der Waals surface area contributed by atoms with Crippen molar-refractivity contribution >= 4 is 15.9 Å². The number of hydrogen-bond acceptors (Lipinski definition) is 2. The molecule has 1 aliphatic rings. The molecule has 108 valence electrons. The molecular weight excluding hydrogens is 302 g/mol. The Morgan fingerprint density at radius 1 is 1.42 bits per heavy atom. The molecule has 2 atom stereocenters. The molecule has 3 nitrogen and oxygen atoms in total. The quantitative estimate of drug-likeness (QED) is 0.893.